The lowest BCUT2D eigenvalue weighted by Crippen LogP contribution is -2.00. The Morgan fingerprint density at radius 3 is 2.94 bits per heavy atom. The normalized spacial score (nSPS) is 11.0. The van der Waals surface area contributed by atoms with Crippen molar-refractivity contribution < 1.29 is 9.53 Å². The summed E-state index contributed by atoms with van der Waals surface area (Å²) >= 11 is 1.61. The van der Waals surface area contributed by atoms with Gasteiger partial charge in [-0.05, 0) is 12.8 Å². The number of carbonyl (C=O) groups excluding carboxylic acids is 1. The standard InChI is InChI=1S/C14H19NO2S/c1-3-4-5-6-7-12-10-13(17-11(2)16)14-15(12)8-9-18-14/h8-10H,3-7H2,1-2H3. The Kier molecular flexibility index (Phi) is 4.42. The summed E-state index contributed by atoms with van der Waals surface area (Å²) in [5.74, 6) is 0.441. The van der Waals surface area contributed by atoms with Crippen molar-refractivity contribution >= 4 is 22.1 Å². The highest BCUT2D eigenvalue weighted by molar-refractivity contribution is 7.16. The van der Waals surface area contributed by atoms with Crippen LogP contribution < -0.4 is 4.74 Å². The second-order valence-corrected chi connectivity index (χ2v) is 5.38. The van der Waals surface area contributed by atoms with Crippen LogP contribution >= 0.6 is 11.3 Å². The van der Waals surface area contributed by atoms with Crippen molar-refractivity contribution in [3.8, 4) is 5.75 Å². The molecule has 0 spiro atoms. The number of aryl methyl sites for hydroxylation is 1. The fourth-order valence-electron chi connectivity index (χ4n) is 2.12. The number of carbonyl (C=O) groups is 1. The van der Waals surface area contributed by atoms with E-state index in [4.69, 9.17) is 4.74 Å². The molecule has 0 bridgehead atoms. The van der Waals surface area contributed by atoms with E-state index in [1.807, 2.05) is 17.6 Å². The monoisotopic (exact) mass is 265 g/mol. The summed E-state index contributed by atoms with van der Waals surface area (Å²) in [6.07, 6.45) is 8.07. The van der Waals surface area contributed by atoms with E-state index in [2.05, 4.69) is 11.3 Å². The molecule has 2 aromatic rings. The second-order valence-electron chi connectivity index (χ2n) is 4.48. The molecule has 2 rings (SSSR count). The molecule has 2 aromatic heterocycles. The first kappa shape index (κ1) is 13.1. The summed E-state index contributed by atoms with van der Waals surface area (Å²) in [7, 11) is 0. The van der Waals surface area contributed by atoms with Crippen molar-refractivity contribution in [2.75, 3.05) is 0 Å². The van der Waals surface area contributed by atoms with E-state index in [1.54, 1.807) is 11.3 Å². The Morgan fingerprint density at radius 2 is 2.22 bits per heavy atom. The molecule has 0 saturated heterocycles. The molecule has 0 radical (unpaired) electrons. The molecular weight excluding hydrogens is 246 g/mol. The number of fused-ring (bicyclic) bond motifs is 1. The molecule has 0 aliphatic heterocycles. The van der Waals surface area contributed by atoms with Crippen molar-refractivity contribution in [1.29, 1.82) is 0 Å². The largest absolute Gasteiger partial charge is 0.423 e. The zero-order chi connectivity index (χ0) is 13.0. The molecule has 3 nitrogen and oxygen atoms in total. The summed E-state index contributed by atoms with van der Waals surface area (Å²) in [6.45, 7) is 3.66. The van der Waals surface area contributed by atoms with E-state index in [1.165, 1.54) is 38.3 Å². The fourth-order valence-corrected chi connectivity index (χ4v) is 2.94. The van der Waals surface area contributed by atoms with Gasteiger partial charge < -0.3 is 9.14 Å². The van der Waals surface area contributed by atoms with Gasteiger partial charge >= 0.3 is 5.97 Å². The van der Waals surface area contributed by atoms with Gasteiger partial charge in [0.1, 0.15) is 4.83 Å². The average molecular weight is 265 g/mol. The number of esters is 1. The van der Waals surface area contributed by atoms with Gasteiger partial charge in [-0.2, -0.15) is 0 Å². The van der Waals surface area contributed by atoms with E-state index < -0.39 is 0 Å². The Balaban J connectivity index is 2.12. The van der Waals surface area contributed by atoms with Crippen LogP contribution in [-0.2, 0) is 11.2 Å². The van der Waals surface area contributed by atoms with Crippen LogP contribution in [0.4, 0.5) is 0 Å². The minimum absolute atomic E-state index is 0.256. The summed E-state index contributed by atoms with van der Waals surface area (Å²) in [6, 6.07) is 2.00. The molecule has 0 N–H and O–H groups in total. The highest BCUT2D eigenvalue weighted by Gasteiger charge is 2.12. The second kappa shape index (κ2) is 6.05. The highest BCUT2D eigenvalue weighted by Crippen LogP contribution is 2.30. The molecule has 0 saturated carbocycles. The predicted octanol–water partition coefficient (Wildman–Crippen LogP) is 4.05. The SMILES string of the molecule is CCCCCCc1cc(OC(C)=O)c2sccn12. The Hall–Kier alpha value is -1.29. The summed E-state index contributed by atoms with van der Waals surface area (Å²) in [4.78, 5) is 12.1. The minimum Gasteiger partial charge on any atom is -0.423 e. The van der Waals surface area contributed by atoms with E-state index in [9.17, 15) is 4.79 Å². The summed E-state index contributed by atoms with van der Waals surface area (Å²) in [5, 5.41) is 2.03. The summed E-state index contributed by atoms with van der Waals surface area (Å²) in [5.41, 5.74) is 1.23. The number of hydrogen-bond acceptors (Lipinski definition) is 3. The van der Waals surface area contributed by atoms with Crippen molar-refractivity contribution in [3.05, 3.63) is 23.3 Å². The lowest BCUT2D eigenvalue weighted by Gasteiger charge is -1.99. The topological polar surface area (TPSA) is 30.7 Å². The van der Waals surface area contributed by atoms with Crippen LogP contribution in [0.2, 0.25) is 0 Å². The van der Waals surface area contributed by atoms with Crippen molar-refractivity contribution in [2.45, 2.75) is 46.0 Å². The Morgan fingerprint density at radius 1 is 1.39 bits per heavy atom. The smallest absolute Gasteiger partial charge is 0.308 e. The maximum atomic E-state index is 11.1. The quantitative estimate of drug-likeness (QED) is 0.582. The van der Waals surface area contributed by atoms with Gasteiger partial charge in [0.2, 0.25) is 0 Å². The predicted molar refractivity (Wildman–Crippen MR) is 74.4 cm³/mol. The number of aromatic nitrogens is 1. The first-order valence-electron chi connectivity index (χ1n) is 6.48. The molecule has 4 heteroatoms. The third kappa shape index (κ3) is 2.93. The first-order valence-corrected chi connectivity index (χ1v) is 7.36. The van der Waals surface area contributed by atoms with Gasteiger partial charge in [-0.3, -0.25) is 4.79 Å². The van der Waals surface area contributed by atoms with Crippen LogP contribution in [0.15, 0.2) is 17.6 Å². The van der Waals surface area contributed by atoms with Crippen LogP contribution in [0.25, 0.3) is 4.83 Å². The maximum absolute atomic E-state index is 11.1. The van der Waals surface area contributed by atoms with Gasteiger partial charge in [0.15, 0.2) is 5.75 Å². The van der Waals surface area contributed by atoms with E-state index in [-0.39, 0.29) is 5.97 Å². The van der Waals surface area contributed by atoms with E-state index in [0.29, 0.717) is 5.75 Å². The zero-order valence-corrected chi connectivity index (χ0v) is 11.8. The first-order chi connectivity index (χ1) is 8.72. The van der Waals surface area contributed by atoms with Gasteiger partial charge in [-0.1, -0.05) is 26.2 Å². The molecule has 0 aromatic carbocycles. The lowest BCUT2D eigenvalue weighted by molar-refractivity contribution is -0.131. The molecule has 0 aliphatic carbocycles. The summed E-state index contributed by atoms with van der Waals surface area (Å²) < 4.78 is 7.38. The highest BCUT2D eigenvalue weighted by atomic mass is 32.1. The zero-order valence-electron chi connectivity index (χ0n) is 10.9. The molecule has 0 atom stereocenters. The van der Waals surface area contributed by atoms with Gasteiger partial charge in [0.05, 0.1) is 0 Å². The van der Waals surface area contributed by atoms with E-state index in [0.717, 1.165) is 11.3 Å². The molecular formula is C14H19NO2S. The average Bonchev–Trinajstić information content (AvgIpc) is 2.89. The number of rotatable bonds is 6. The molecule has 0 fully saturated rings. The van der Waals surface area contributed by atoms with Crippen LogP contribution in [0.3, 0.4) is 0 Å². The molecule has 18 heavy (non-hydrogen) atoms. The number of unbranched alkanes of at least 4 members (excludes halogenated alkanes) is 3. The van der Waals surface area contributed by atoms with Crippen molar-refractivity contribution in [2.24, 2.45) is 0 Å². The van der Waals surface area contributed by atoms with E-state index >= 15 is 0 Å². The Labute approximate surface area is 111 Å². The van der Waals surface area contributed by atoms with Crippen LogP contribution in [-0.4, -0.2) is 10.4 Å². The number of thiazole rings is 1. The van der Waals surface area contributed by atoms with Crippen LogP contribution in [0.1, 0.15) is 45.2 Å². The van der Waals surface area contributed by atoms with Crippen molar-refractivity contribution in [1.82, 2.24) is 4.40 Å². The molecule has 98 valence electrons. The lowest BCUT2D eigenvalue weighted by atomic mass is 10.1. The number of nitrogens with zero attached hydrogens (tertiary/aromatic N) is 1. The minimum atomic E-state index is -0.256. The van der Waals surface area contributed by atoms with Crippen LogP contribution in [0, 0.1) is 0 Å². The molecule has 0 amide bonds. The Bertz CT molecular complexity index is 527. The molecule has 0 aliphatic rings. The maximum Gasteiger partial charge on any atom is 0.308 e. The van der Waals surface area contributed by atoms with Gasteiger partial charge in [-0.15, -0.1) is 11.3 Å². The molecule has 0 unspecified atom stereocenters. The third-order valence-electron chi connectivity index (χ3n) is 2.97. The van der Waals surface area contributed by atoms with Crippen molar-refractivity contribution in [3.63, 3.8) is 0 Å². The third-order valence-corrected chi connectivity index (χ3v) is 3.85. The number of hydrogen-bond donors (Lipinski definition) is 0. The van der Waals surface area contributed by atoms with Gasteiger partial charge in [0.25, 0.3) is 0 Å². The number of ether oxygens (including phenoxy) is 1. The molecule has 2 heterocycles. The van der Waals surface area contributed by atoms with Crippen LogP contribution in [0.5, 0.6) is 5.75 Å². The van der Waals surface area contributed by atoms with Gasteiger partial charge in [-0.25, -0.2) is 0 Å². The fraction of sp³-hybridized carbons (Fsp3) is 0.500. The van der Waals surface area contributed by atoms with Gasteiger partial charge in [0, 0.05) is 30.3 Å².